The normalized spacial score (nSPS) is 19.7. The van der Waals surface area contributed by atoms with Gasteiger partial charge in [0.15, 0.2) is 0 Å². The number of anilines is 1. The first-order chi connectivity index (χ1) is 11.5. The number of rotatable bonds is 0. The molecular weight excluding hydrogens is 293 g/mol. The smallest absolute Gasteiger partial charge is 0.374 e. The molecule has 1 fully saturated rings. The van der Waals surface area contributed by atoms with Gasteiger partial charge in [0.25, 0.3) is 5.82 Å². The molecule has 0 saturated carbocycles. The first kappa shape index (κ1) is 15.8. The molecule has 0 bridgehead atoms. The van der Waals surface area contributed by atoms with Gasteiger partial charge in [-0.2, -0.15) is 0 Å². The lowest BCUT2D eigenvalue weighted by Gasteiger charge is -2.35. The maximum Gasteiger partial charge on any atom is 0.501 e. The maximum absolute atomic E-state index is 2.68. The first-order valence-corrected chi connectivity index (χ1v) is 9.41. The predicted octanol–water partition coefficient (Wildman–Crippen LogP) is 4.04. The zero-order valence-electron chi connectivity index (χ0n) is 15.5. The van der Waals surface area contributed by atoms with Gasteiger partial charge in [-0.15, -0.1) is 0 Å². The Hall–Kier alpha value is -1.71. The van der Waals surface area contributed by atoms with Crippen molar-refractivity contribution in [3.63, 3.8) is 0 Å². The summed E-state index contributed by atoms with van der Waals surface area (Å²) in [6.07, 6.45) is 11.0. The van der Waals surface area contributed by atoms with E-state index >= 15 is 0 Å². The topological polar surface area (TPSA) is 12.0 Å². The Morgan fingerprint density at radius 2 is 2.00 bits per heavy atom. The van der Waals surface area contributed by atoms with E-state index in [1.165, 1.54) is 54.6 Å². The molecule has 0 amide bonds. The molecule has 126 valence electrons. The molecule has 2 aliphatic heterocycles. The van der Waals surface area contributed by atoms with Gasteiger partial charge >= 0.3 is 6.98 Å². The molecule has 4 heteroatoms. The van der Waals surface area contributed by atoms with Crippen LogP contribution in [-0.4, -0.2) is 18.1 Å². The molecule has 0 spiro atoms. The van der Waals surface area contributed by atoms with Crippen molar-refractivity contribution >= 4 is 12.7 Å². The van der Waals surface area contributed by atoms with Crippen molar-refractivity contribution in [2.24, 2.45) is 12.5 Å². The summed E-state index contributed by atoms with van der Waals surface area (Å²) in [7, 11) is 2.18. The van der Waals surface area contributed by atoms with Crippen LogP contribution >= 0.6 is 0 Å². The highest BCUT2D eigenvalue weighted by atomic mass is 15.2. The molecule has 0 atom stereocenters. The lowest BCUT2D eigenvalue weighted by molar-refractivity contribution is -0.527. The molecule has 3 nitrogen and oxygen atoms in total. The predicted molar refractivity (Wildman–Crippen MR) is 101 cm³/mol. The summed E-state index contributed by atoms with van der Waals surface area (Å²) in [5, 5.41) is 0. The largest absolute Gasteiger partial charge is 0.501 e. The summed E-state index contributed by atoms with van der Waals surface area (Å²) in [5.74, 6) is 1.36. The Labute approximate surface area is 146 Å². The highest BCUT2D eigenvalue weighted by Gasteiger charge is 2.43. The van der Waals surface area contributed by atoms with E-state index in [1.54, 1.807) is 0 Å². The minimum atomic E-state index is 0.445. The summed E-state index contributed by atoms with van der Waals surface area (Å²) < 4.78 is 4.81. The van der Waals surface area contributed by atoms with E-state index in [4.69, 9.17) is 0 Å². The van der Waals surface area contributed by atoms with E-state index in [9.17, 15) is 0 Å². The van der Waals surface area contributed by atoms with E-state index in [1.807, 2.05) is 0 Å². The Kier molecular flexibility index (Phi) is 3.74. The fourth-order valence-electron chi connectivity index (χ4n) is 4.58. The Morgan fingerprint density at radius 1 is 1.17 bits per heavy atom. The van der Waals surface area contributed by atoms with Gasteiger partial charge in [-0.05, 0) is 43.1 Å². The minimum Gasteiger partial charge on any atom is -0.374 e. The van der Waals surface area contributed by atoms with Crippen LogP contribution in [0.1, 0.15) is 45.1 Å². The van der Waals surface area contributed by atoms with Gasteiger partial charge in [0.2, 0.25) is 0 Å². The third-order valence-corrected chi connectivity index (χ3v) is 6.09. The summed E-state index contributed by atoms with van der Waals surface area (Å²) in [6, 6.07) is 6.80. The molecule has 1 aromatic heterocycles. The second-order valence-electron chi connectivity index (χ2n) is 8.44. The van der Waals surface area contributed by atoms with Gasteiger partial charge < -0.3 is 4.81 Å². The fourth-order valence-corrected chi connectivity index (χ4v) is 4.58. The molecule has 2 aliphatic rings. The van der Waals surface area contributed by atoms with E-state index in [0.29, 0.717) is 12.4 Å². The van der Waals surface area contributed by atoms with Gasteiger partial charge in [-0.1, -0.05) is 38.8 Å². The van der Waals surface area contributed by atoms with Gasteiger partial charge in [0.05, 0.1) is 12.6 Å². The van der Waals surface area contributed by atoms with Crippen molar-refractivity contribution in [2.75, 3.05) is 11.4 Å². The lowest BCUT2D eigenvalue weighted by atomic mass is 9.65. The number of nitrogens with zero attached hydrogens (tertiary/aromatic N) is 3. The SMILES string of the molecule is Cc1cccc2c1-c1n(C)cc[n+]1B1CCCCC(C)(C)CCN12. The van der Waals surface area contributed by atoms with E-state index < -0.39 is 0 Å². The number of aromatic nitrogens is 2. The number of benzene rings is 1. The van der Waals surface area contributed by atoms with Crippen LogP contribution in [0.2, 0.25) is 6.32 Å². The Balaban J connectivity index is 1.87. The van der Waals surface area contributed by atoms with Crippen molar-refractivity contribution < 1.29 is 4.48 Å². The van der Waals surface area contributed by atoms with Gasteiger partial charge in [0, 0.05) is 12.2 Å². The molecule has 0 N–H and O–H groups in total. The average Bonchev–Trinajstić information content (AvgIpc) is 2.94. The first-order valence-electron chi connectivity index (χ1n) is 9.41. The number of hydrogen-bond donors (Lipinski definition) is 0. The molecule has 0 radical (unpaired) electrons. The van der Waals surface area contributed by atoms with Gasteiger partial charge in [-0.3, -0.25) is 4.48 Å². The van der Waals surface area contributed by atoms with Crippen LogP contribution in [0.15, 0.2) is 30.6 Å². The molecular formula is C20H29BN3+. The number of imidazole rings is 1. The third-order valence-electron chi connectivity index (χ3n) is 6.09. The summed E-state index contributed by atoms with van der Waals surface area (Å²) in [5.41, 5.74) is 4.67. The van der Waals surface area contributed by atoms with Gasteiger partial charge in [-0.25, -0.2) is 4.57 Å². The molecule has 0 unspecified atom stereocenters. The van der Waals surface area contributed by atoms with Crippen molar-refractivity contribution in [3.8, 4) is 11.4 Å². The molecule has 4 rings (SSSR count). The van der Waals surface area contributed by atoms with Crippen LogP contribution in [0.4, 0.5) is 5.69 Å². The van der Waals surface area contributed by atoms with Crippen LogP contribution < -0.4 is 9.29 Å². The molecule has 24 heavy (non-hydrogen) atoms. The van der Waals surface area contributed by atoms with Crippen LogP contribution in [0.25, 0.3) is 11.4 Å². The molecule has 1 aromatic carbocycles. The number of hydrogen-bond acceptors (Lipinski definition) is 1. The summed E-state index contributed by atoms with van der Waals surface area (Å²) in [4.78, 5) is 2.68. The maximum atomic E-state index is 2.68. The molecule has 2 aromatic rings. The molecule has 1 saturated heterocycles. The quantitative estimate of drug-likeness (QED) is 0.667. The summed E-state index contributed by atoms with van der Waals surface area (Å²) in [6.45, 7) is 8.74. The van der Waals surface area contributed by atoms with Crippen LogP contribution in [0.5, 0.6) is 0 Å². The minimum absolute atomic E-state index is 0.445. The van der Waals surface area contributed by atoms with Gasteiger partial charge in [0.1, 0.15) is 12.4 Å². The highest BCUT2D eigenvalue weighted by Crippen LogP contribution is 2.39. The van der Waals surface area contributed by atoms with Crippen LogP contribution in [-0.2, 0) is 7.05 Å². The van der Waals surface area contributed by atoms with E-state index in [-0.39, 0.29) is 0 Å². The average molecular weight is 322 g/mol. The van der Waals surface area contributed by atoms with Crippen molar-refractivity contribution in [1.29, 1.82) is 0 Å². The standard InChI is InChI=1S/C20H29BN3/c1-16-8-7-9-17-18(16)19-22(4)14-15-24(19)21-12-6-5-10-20(2,3)11-13-23(17)21/h7-9,14-15H,5-6,10-13H2,1-4H3/q+1. The van der Waals surface area contributed by atoms with Crippen LogP contribution in [0, 0.1) is 12.3 Å². The second kappa shape index (κ2) is 5.68. The molecule has 0 aliphatic carbocycles. The van der Waals surface area contributed by atoms with Crippen molar-refractivity contribution in [2.45, 2.75) is 52.8 Å². The fraction of sp³-hybridized carbons (Fsp3) is 0.550. The zero-order valence-corrected chi connectivity index (χ0v) is 15.5. The highest BCUT2D eigenvalue weighted by molar-refractivity contribution is 6.55. The Morgan fingerprint density at radius 3 is 2.83 bits per heavy atom. The number of fused-ring (bicyclic) bond motifs is 6. The zero-order chi connectivity index (χ0) is 16.9. The molecule has 3 heterocycles. The Bertz CT molecular complexity index is 762. The monoisotopic (exact) mass is 322 g/mol. The third kappa shape index (κ3) is 2.47. The van der Waals surface area contributed by atoms with E-state index in [2.05, 4.69) is 72.3 Å². The van der Waals surface area contributed by atoms with Crippen molar-refractivity contribution in [3.05, 3.63) is 36.2 Å². The van der Waals surface area contributed by atoms with E-state index in [0.717, 1.165) is 6.54 Å². The van der Waals surface area contributed by atoms with Crippen molar-refractivity contribution in [1.82, 2.24) is 4.57 Å². The lowest BCUT2D eigenvalue weighted by Crippen LogP contribution is -2.65. The summed E-state index contributed by atoms with van der Waals surface area (Å²) >= 11 is 0. The second-order valence-corrected chi connectivity index (χ2v) is 8.44. The number of aryl methyl sites for hydroxylation is 2. The van der Waals surface area contributed by atoms with Crippen LogP contribution in [0.3, 0.4) is 0 Å².